The van der Waals surface area contributed by atoms with Gasteiger partial charge in [-0.2, -0.15) is 13.2 Å². The molecule has 2 heterocycles. The maximum absolute atomic E-state index is 14.1. The molecule has 13 heteroatoms. The average Bonchev–Trinajstić information content (AvgIpc) is 3.39. The predicted molar refractivity (Wildman–Crippen MR) is 163 cm³/mol. The highest BCUT2D eigenvalue weighted by molar-refractivity contribution is 6.30. The van der Waals surface area contributed by atoms with E-state index in [2.05, 4.69) is 10.3 Å². The van der Waals surface area contributed by atoms with E-state index in [-0.39, 0.29) is 37.6 Å². The molecular formula is C32H35ClF3N3O6. The summed E-state index contributed by atoms with van der Waals surface area (Å²) in [4.78, 5) is 31.5. The van der Waals surface area contributed by atoms with Crippen LogP contribution in [0.3, 0.4) is 0 Å². The summed E-state index contributed by atoms with van der Waals surface area (Å²) in [5.74, 6) is -0.525. The number of halogens is 4. The SMILES string of the molecule is COc1cc(NC(C(=O)N2CCc3nc(OC)c(C(F)(F)F)cc32)c2ccc(Cl)cc2)cc(OCCCC(=O)OC(C)(C)C)c1. The number of nitrogens with one attached hydrogen (secondary N) is 1. The number of methoxy groups -OCH3 is 2. The van der Waals surface area contributed by atoms with Crippen LogP contribution in [0.1, 0.15) is 56.5 Å². The Morgan fingerprint density at radius 2 is 1.71 bits per heavy atom. The molecule has 0 radical (unpaired) electrons. The minimum atomic E-state index is -4.73. The van der Waals surface area contributed by atoms with E-state index < -0.39 is 35.2 Å². The zero-order valence-corrected chi connectivity index (χ0v) is 26.3. The number of rotatable bonds is 11. The van der Waals surface area contributed by atoms with Crippen molar-refractivity contribution in [3.63, 3.8) is 0 Å². The van der Waals surface area contributed by atoms with Crippen LogP contribution in [0.25, 0.3) is 0 Å². The van der Waals surface area contributed by atoms with Crippen molar-refractivity contribution >= 4 is 34.9 Å². The van der Waals surface area contributed by atoms with E-state index in [1.165, 1.54) is 12.0 Å². The second-order valence-corrected chi connectivity index (χ2v) is 11.7. The fraction of sp³-hybridized carbons (Fsp3) is 0.406. The second kappa shape index (κ2) is 13.8. The zero-order chi connectivity index (χ0) is 32.9. The number of anilines is 2. The first-order valence-corrected chi connectivity index (χ1v) is 14.6. The molecule has 1 amide bonds. The number of carbonyl (C=O) groups excluding carboxylic acids is 2. The van der Waals surface area contributed by atoms with Crippen LogP contribution in [0.15, 0.2) is 48.5 Å². The molecule has 242 valence electrons. The van der Waals surface area contributed by atoms with Gasteiger partial charge in [0.1, 0.15) is 28.7 Å². The largest absolute Gasteiger partial charge is 0.497 e. The van der Waals surface area contributed by atoms with Gasteiger partial charge in [-0.05, 0) is 51.0 Å². The molecule has 0 bridgehead atoms. The lowest BCUT2D eigenvalue weighted by Gasteiger charge is -2.27. The molecule has 0 aliphatic carbocycles. The number of amides is 1. The molecule has 1 atom stereocenters. The number of hydrogen-bond donors (Lipinski definition) is 1. The lowest BCUT2D eigenvalue weighted by atomic mass is 10.0. The molecule has 1 aromatic heterocycles. The van der Waals surface area contributed by atoms with Crippen molar-refractivity contribution in [2.45, 2.75) is 57.9 Å². The first-order valence-electron chi connectivity index (χ1n) is 14.2. The van der Waals surface area contributed by atoms with Crippen molar-refractivity contribution in [2.24, 2.45) is 0 Å². The molecule has 4 rings (SSSR count). The van der Waals surface area contributed by atoms with Gasteiger partial charge in [0.25, 0.3) is 5.91 Å². The van der Waals surface area contributed by atoms with Gasteiger partial charge in [0, 0.05) is 48.3 Å². The number of fused-ring (bicyclic) bond motifs is 1. The predicted octanol–water partition coefficient (Wildman–Crippen LogP) is 7.01. The maximum Gasteiger partial charge on any atom is 0.421 e. The summed E-state index contributed by atoms with van der Waals surface area (Å²) >= 11 is 6.11. The Balaban J connectivity index is 1.60. The summed E-state index contributed by atoms with van der Waals surface area (Å²) in [5, 5.41) is 3.65. The second-order valence-electron chi connectivity index (χ2n) is 11.3. The van der Waals surface area contributed by atoms with Crippen LogP contribution >= 0.6 is 11.6 Å². The van der Waals surface area contributed by atoms with Gasteiger partial charge in [-0.15, -0.1) is 0 Å². The van der Waals surface area contributed by atoms with Crippen molar-refractivity contribution in [3.8, 4) is 17.4 Å². The molecule has 0 saturated heterocycles. The van der Waals surface area contributed by atoms with Crippen LogP contribution in [-0.2, 0) is 26.9 Å². The summed E-state index contributed by atoms with van der Waals surface area (Å²) in [6.07, 6.45) is -3.90. The van der Waals surface area contributed by atoms with E-state index in [0.717, 1.165) is 13.2 Å². The highest BCUT2D eigenvalue weighted by Gasteiger charge is 2.40. The molecule has 1 unspecified atom stereocenters. The van der Waals surface area contributed by atoms with Crippen LogP contribution in [0, 0.1) is 0 Å². The first-order chi connectivity index (χ1) is 21.2. The number of benzene rings is 2. The van der Waals surface area contributed by atoms with Gasteiger partial charge >= 0.3 is 12.1 Å². The standard InChI is InChI=1S/C32H35ClF3N3O6/c1-31(2,3)45-27(40)7-6-14-44-23-16-21(15-22(17-23)42-4)37-28(19-8-10-20(33)11-9-19)30(41)39-13-12-25-26(39)18-24(32(34,35)36)29(38-25)43-5/h8-11,15-18,28,37H,6-7,12-14H2,1-5H3. The summed E-state index contributed by atoms with van der Waals surface area (Å²) in [7, 11) is 2.60. The van der Waals surface area contributed by atoms with Gasteiger partial charge in [-0.25, -0.2) is 4.98 Å². The Morgan fingerprint density at radius 3 is 2.33 bits per heavy atom. The lowest BCUT2D eigenvalue weighted by molar-refractivity contribution is -0.155. The monoisotopic (exact) mass is 649 g/mol. The number of hydrogen-bond acceptors (Lipinski definition) is 8. The number of aromatic nitrogens is 1. The van der Waals surface area contributed by atoms with E-state index in [0.29, 0.717) is 39.9 Å². The Morgan fingerprint density at radius 1 is 1.02 bits per heavy atom. The van der Waals surface area contributed by atoms with Crippen molar-refractivity contribution in [3.05, 3.63) is 70.4 Å². The first kappa shape index (κ1) is 33.7. The van der Waals surface area contributed by atoms with Crippen LogP contribution in [0.5, 0.6) is 17.4 Å². The number of carbonyl (C=O) groups is 2. The summed E-state index contributed by atoms with van der Waals surface area (Å²) in [5.41, 5.74) is -0.281. The molecule has 0 saturated carbocycles. The highest BCUT2D eigenvalue weighted by atomic mass is 35.5. The number of esters is 1. The maximum atomic E-state index is 14.1. The number of pyridine rings is 1. The van der Waals surface area contributed by atoms with Crippen molar-refractivity contribution in [1.82, 2.24) is 4.98 Å². The van der Waals surface area contributed by atoms with E-state index >= 15 is 0 Å². The summed E-state index contributed by atoms with van der Waals surface area (Å²) < 4.78 is 63.0. The van der Waals surface area contributed by atoms with Crippen molar-refractivity contribution in [2.75, 3.05) is 37.6 Å². The minimum absolute atomic E-state index is 0.0635. The van der Waals surface area contributed by atoms with Crippen molar-refractivity contribution in [1.29, 1.82) is 0 Å². The Kier molecular flexibility index (Phi) is 10.4. The molecule has 0 spiro atoms. The van der Waals surface area contributed by atoms with Gasteiger partial charge in [0.05, 0.1) is 32.2 Å². The number of nitrogens with zero attached hydrogens (tertiary/aromatic N) is 2. The number of alkyl halides is 3. The van der Waals surface area contributed by atoms with Gasteiger partial charge in [-0.1, -0.05) is 23.7 Å². The highest BCUT2D eigenvalue weighted by Crippen LogP contribution is 2.41. The van der Waals surface area contributed by atoms with E-state index in [1.54, 1.807) is 63.2 Å². The average molecular weight is 650 g/mol. The van der Waals surface area contributed by atoms with Crippen LogP contribution < -0.4 is 24.4 Å². The molecule has 3 aromatic rings. The molecule has 0 fully saturated rings. The molecule has 1 aliphatic rings. The minimum Gasteiger partial charge on any atom is -0.497 e. The Bertz CT molecular complexity index is 1530. The summed E-state index contributed by atoms with van der Waals surface area (Å²) in [6.45, 7) is 5.73. The fourth-order valence-corrected chi connectivity index (χ4v) is 4.91. The molecule has 9 nitrogen and oxygen atoms in total. The fourth-order valence-electron chi connectivity index (χ4n) is 4.79. The molecule has 1 N–H and O–H groups in total. The smallest absolute Gasteiger partial charge is 0.421 e. The molecule has 45 heavy (non-hydrogen) atoms. The molecule has 1 aliphatic heterocycles. The van der Waals surface area contributed by atoms with Gasteiger partial charge in [0.15, 0.2) is 0 Å². The number of ether oxygens (including phenoxy) is 4. The van der Waals surface area contributed by atoms with E-state index in [9.17, 15) is 22.8 Å². The third kappa shape index (κ3) is 8.72. The quantitative estimate of drug-likeness (QED) is 0.175. The topological polar surface area (TPSA) is 99.2 Å². The van der Waals surface area contributed by atoms with E-state index in [1.807, 2.05) is 0 Å². The normalized spacial score (nSPS) is 13.6. The zero-order valence-electron chi connectivity index (χ0n) is 25.6. The van der Waals surface area contributed by atoms with Gasteiger partial charge < -0.3 is 29.2 Å². The molecular weight excluding hydrogens is 615 g/mol. The van der Waals surface area contributed by atoms with Crippen LogP contribution in [0.2, 0.25) is 5.02 Å². The Hall–Kier alpha value is -4.19. The van der Waals surface area contributed by atoms with E-state index in [4.69, 9.17) is 30.5 Å². The molecule has 2 aromatic carbocycles. The Labute approximate surface area is 264 Å². The summed E-state index contributed by atoms with van der Waals surface area (Å²) in [6, 6.07) is 11.4. The van der Waals surface area contributed by atoms with Gasteiger partial charge in [-0.3, -0.25) is 9.59 Å². The lowest BCUT2D eigenvalue weighted by Crippen LogP contribution is -2.37. The van der Waals surface area contributed by atoms with Crippen LogP contribution in [-0.4, -0.2) is 49.8 Å². The van der Waals surface area contributed by atoms with Crippen LogP contribution in [0.4, 0.5) is 24.5 Å². The third-order valence-corrected chi connectivity index (χ3v) is 7.01. The third-order valence-electron chi connectivity index (χ3n) is 6.76. The van der Waals surface area contributed by atoms with Crippen molar-refractivity contribution < 1.29 is 41.7 Å². The van der Waals surface area contributed by atoms with Gasteiger partial charge in [0.2, 0.25) is 5.88 Å².